The molecule has 1 saturated heterocycles. The number of hydrogen-bond donors (Lipinski definition) is 0. The Labute approximate surface area is 172 Å². The molecule has 29 heavy (non-hydrogen) atoms. The molecule has 0 unspecified atom stereocenters. The van der Waals surface area contributed by atoms with E-state index in [9.17, 15) is 9.59 Å². The highest BCUT2D eigenvalue weighted by Crippen LogP contribution is 2.47. The molecule has 3 aliphatic heterocycles. The molecule has 0 aromatic heterocycles. The summed E-state index contributed by atoms with van der Waals surface area (Å²) in [6.07, 6.45) is 2.02. The largest absolute Gasteiger partial charge is 0.342 e. The van der Waals surface area contributed by atoms with Gasteiger partial charge < -0.3 is 9.80 Å². The number of likely N-dealkylation sites (tertiary alicyclic amines) is 1. The van der Waals surface area contributed by atoms with Gasteiger partial charge in [0.1, 0.15) is 0 Å². The van der Waals surface area contributed by atoms with Crippen LogP contribution in [-0.4, -0.2) is 41.2 Å². The SMILES string of the molecule is C[C@@H]1C[C@H](C)CN(C(=O)[C@H]2c3ccccc3C(=O)N3CCc4ccccc4[C@@H]23)C1. The molecule has 0 spiro atoms. The van der Waals surface area contributed by atoms with Crippen molar-refractivity contribution in [3.63, 3.8) is 0 Å². The quantitative estimate of drug-likeness (QED) is 0.740. The van der Waals surface area contributed by atoms with Crippen molar-refractivity contribution in [1.29, 1.82) is 0 Å². The fraction of sp³-hybridized carbons (Fsp3) is 0.440. The van der Waals surface area contributed by atoms with Gasteiger partial charge in [-0.15, -0.1) is 0 Å². The Morgan fingerprint density at radius 1 is 0.931 bits per heavy atom. The summed E-state index contributed by atoms with van der Waals surface area (Å²) in [6.45, 7) is 6.76. The van der Waals surface area contributed by atoms with Crippen molar-refractivity contribution in [1.82, 2.24) is 9.80 Å². The maximum absolute atomic E-state index is 14.0. The highest BCUT2D eigenvalue weighted by Gasteiger charge is 2.47. The van der Waals surface area contributed by atoms with Gasteiger partial charge in [0.25, 0.3) is 5.91 Å². The maximum atomic E-state index is 14.0. The zero-order valence-corrected chi connectivity index (χ0v) is 17.2. The topological polar surface area (TPSA) is 40.6 Å². The summed E-state index contributed by atoms with van der Waals surface area (Å²) in [7, 11) is 0. The zero-order chi connectivity index (χ0) is 20.1. The van der Waals surface area contributed by atoms with Crippen LogP contribution in [0.3, 0.4) is 0 Å². The van der Waals surface area contributed by atoms with E-state index in [0.717, 1.165) is 30.6 Å². The second-order valence-electron chi connectivity index (χ2n) is 9.15. The van der Waals surface area contributed by atoms with Crippen molar-refractivity contribution < 1.29 is 9.59 Å². The number of fused-ring (bicyclic) bond motifs is 4. The number of benzene rings is 2. The summed E-state index contributed by atoms with van der Waals surface area (Å²) in [4.78, 5) is 31.3. The van der Waals surface area contributed by atoms with E-state index in [-0.39, 0.29) is 23.8 Å². The van der Waals surface area contributed by atoms with Crippen LogP contribution in [0.25, 0.3) is 0 Å². The number of nitrogens with zero attached hydrogens (tertiary/aromatic N) is 2. The van der Waals surface area contributed by atoms with Gasteiger partial charge in [-0.05, 0) is 47.4 Å². The van der Waals surface area contributed by atoms with Gasteiger partial charge in [-0.1, -0.05) is 56.3 Å². The number of carbonyl (C=O) groups is 2. The molecule has 0 aliphatic carbocycles. The van der Waals surface area contributed by atoms with Gasteiger partial charge >= 0.3 is 0 Å². The van der Waals surface area contributed by atoms with Gasteiger partial charge in [0, 0.05) is 25.2 Å². The van der Waals surface area contributed by atoms with Crippen molar-refractivity contribution in [3.05, 3.63) is 70.8 Å². The smallest absolute Gasteiger partial charge is 0.254 e. The minimum atomic E-state index is -0.331. The minimum Gasteiger partial charge on any atom is -0.342 e. The lowest BCUT2D eigenvalue weighted by atomic mass is 9.75. The van der Waals surface area contributed by atoms with Crippen LogP contribution in [0.4, 0.5) is 0 Å². The summed E-state index contributed by atoms with van der Waals surface area (Å²) in [6, 6.07) is 15.9. The van der Waals surface area contributed by atoms with E-state index in [4.69, 9.17) is 0 Å². The molecule has 0 bridgehead atoms. The highest BCUT2D eigenvalue weighted by molar-refractivity contribution is 6.01. The van der Waals surface area contributed by atoms with Gasteiger partial charge in [-0.3, -0.25) is 9.59 Å². The standard InChI is InChI=1S/C25H28N2O2/c1-16-13-17(2)15-26(14-16)25(29)22-20-9-5-6-10-21(20)24(28)27-12-11-18-7-3-4-8-19(18)23(22)27/h3-10,16-17,22-23H,11-15H2,1-2H3/t16-,17+,22-,23-/m0/s1. The van der Waals surface area contributed by atoms with E-state index in [1.165, 1.54) is 12.0 Å². The number of rotatable bonds is 1. The summed E-state index contributed by atoms with van der Waals surface area (Å²) < 4.78 is 0. The number of amides is 2. The lowest BCUT2D eigenvalue weighted by Crippen LogP contribution is -2.52. The molecule has 3 aliphatic rings. The zero-order valence-electron chi connectivity index (χ0n) is 17.2. The summed E-state index contributed by atoms with van der Waals surface area (Å²) in [5, 5.41) is 0. The Hall–Kier alpha value is -2.62. The van der Waals surface area contributed by atoms with Crippen molar-refractivity contribution >= 4 is 11.8 Å². The minimum absolute atomic E-state index is 0.0598. The van der Waals surface area contributed by atoms with Crippen LogP contribution in [0.2, 0.25) is 0 Å². The summed E-state index contributed by atoms with van der Waals surface area (Å²) in [5.74, 6) is 0.929. The third-order valence-electron chi connectivity index (χ3n) is 6.88. The number of piperidine rings is 1. The summed E-state index contributed by atoms with van der Waals surface area (Å²) in [5.41, 5.74) is 3.99. The molecule has 1 fully saturated rings. The van der Waals surface area contributed by atoms with Crippen LogP contribution in [0.5, 0.6) is 0 Å². The van der Waals surface area contributed by atoms with Crippen LogP contribution in [0.1, 0.15) is 59.3 Å². The first kappa shape index (κ1) is 18.4. The van der Waals surface area contributed by atoms with Gasteiger partial charge in [0.05, 0.1) is 12.0 Å². The Balaban J connectivity index is 1.64. The first-order valence-electron chi connectivity index (χ1n) is 10.8. The van der Waals surface area contributed by atoms with Crippen LogP contribution in [-0.2, 0) is 11.2 Å². The fourth-order valence-electron chi connectivity index (χ4n) is 5.78. The van der Waals surface area contributed by atoms with E-state index in [2.05, 4.69) is 36.9 Å². The van der Waals surface area contributed by atoms with Gasteiger partial charge in [-0.2, -0.15) is 0 Å². The molecular weight excluding hydrogens is 360 g/mol. The van der Waals surface area contributed by atoms with Crippen LogP contribution < -0.4 is 0 Å². The third-order valence-corrected chi connectivity index (χ3v) is 6.88. The van der Waals surface area contributed by atoms with Crippen molar-refractivity contribution in [3.8, 4) is 0 Å². The number of carbonyl (C=O) groups excluding carboxylic acids is 2. The number of hydrogen-bond acceptors (Lipinski definition) is 2. The van der Waals surface area contributed by atoms with E-state index in [1.54, 1.807) is 0 Å². The van der Waals surface area contributed by atoms with E-state index < -0.39 is 0 Å². The molecule has 2 aromatic rings. The Morgan fingerprint density at radius 3 is 2.34 bits per heavy atom. The molecule has 4 atom stereocenters. The molecule has 0 N–H and O–H groups in total. The molecule has 4 heteroatoms. The molecule has 5 rings (SSSR count). The predicted octanol–water partition coefficient (Wildman–Crippen LogP) is 4.03. The monoisotopic (exact) mass is 388 g/mol. The molecule has 2 aromatic carbocycles. The lowest BCUT2D eigenvalue weighted by molar-refractivity contribution is -0.137. The second-order valence-corrected chi connectivity index (χ2v) is 9.15. The third kappa shape index (κ3) is 2.97. The van der Waals surface area contributed by atoms with Gasteiger partial charge in [0.15, 0.2) is 0 Å². The van der Waals surface area contributed by atoms with Crippen molar-refractivity contribution in [2.75, 3.05) is 19.6 Å². The van der Waals surface area contributed by atoms with Gasteiger partial charge in [-0.25, -0.2) is 0 Å². The average molecular weight is 389 g/mol. The Bertz CT molecular complexity index is 959. The van der Waals surface area contributed by atoms with Crippen LogP contribution >= 0.6 is 0 Å². The fourth-order valence-corrected chi connectivity index (χ4v) is 5.78. The molecular formula is C25H28N2O2. The van der Waals surface area contributed by atoms with E-state index in [1.807, 2.05) is 35.2 Å². The normalized spacial score (nSPS) is 28.4. The first-order valence-corrected chi connectivity index (χ1v) is 10.8. The Morgan fingerprint density at radius 2 is 1.59 bits per heavy atom. The highest BCUT2D eigenvalue weighted by atomic mass is 16.2. The van der Waals surface area contributed by atoms with Crippen molar-refractivity contribution in [2.24, 2.45) is 11.8 Å². The predicted molar refractivity (Wildman–Crippen MR) is 113 cm³/mol. The molecule has 2 amide bonds. The molecule has 0 radical (unpaired) electrons. The maximum Gasteiger partial charge on any atom is 0.254 e. The molecule has 4 nitrogen and oxygen atoms in total. The van der Waals surface area contributed by atoms with Crippen LogP contribution in [0, 0.1) is 11.8 Å². The summed E-state index contributed by atoms with van der Waals surface area (Å²) >= 11 is 0. The van der Waals surface area contributed by atoms with Crippen LogP contribution in [0.15, 0.2) is 48.5 Å². The van der Waals surface area contributed by atoms with Crippen molar-refractivity contribution in [2.45, 2.75) is 38.6 Å². The van der Waals surface area contributed by atoms with E-state index in [0.29, 0.717) is 23.9 Å². The molecule has 0 saturated carbocycles. The second kappa shape index (κ2) is 7.01. The lowest BCUT2D eigenvalue weighted by Gasteiger charge is -2.47. The average Bonchev–Trinajstić information content (AvgIpc) is 2.73. The molecule has 150 valence electrons. The first-order chi connectivity index (χ1) is 14.0. The van der Waals surface area contributed by atoms with Gasteiger partial charge in [0.2, 0.25) is 5.91 Å². The van der Waals surface area contributed by atoms with E-state index >= 15 is 0 Å². The molecule has 3 heterocycles. The Kier molecular flexibility index (Phi) is 4.45.